The number of benzene rings is 2. The minimum atomic E-state index is -0.427. The lowest BCUT2D eigenvalue weighted by Crippen LogP contribution is -2.44. The maximum Gasteiger partial charge on any atom is 0.269 e. The van der Waals surface area contributed by atoms with Crippen molar-refractivity contribution in [3.8, 4) is 11.4 Å². The van der Waals surface area contributed by atoms with E-state index in [-0.39, 0.29) is 12.5 Å². The lowest BCUT2D eigenvalue weighted by atomic mass is 10.1. The molecule has 144 valence electrons. The average Bonchev–Trinajstić information content (AvgIpc) is 3.25. The minimum absolute atomic E-state index is 0.00384. The molecular formula is C18H19N7O3. The van der Waals surface area contributed by atoms with E-state index in [4.69, 9.17) is 4.74 Å². The van der Waals surface area contributed by atoms with Gasteiger partial charge < -0.3 is 10.1 Å². The van der Waals surface area contributed by atoms with Crippen molar-refractivity contribution in [3.05, 3.63) is 59.9 Å². The third kappa shape index (κ3) is 4.61. The Bertz CT molecular complexity index is 956. The summed E-state index contributed by atoms with van der Waals surface area (Å²) in [6, 6.07) is 12.2. The van der Waals surface area contributed by atoms with Crippen LogP contribution in [0.4, 0.5) is 5.69 Å². The third-order valence-electron chi connectivity index (χ3n) is 3.91. The van der Waals surface area contributed by atoms with Gasteiger partial charge in [-0.05, 0) is 65.4 Å². The first-order valence-corrected chi connectivity index (χ1v) is 8.38. The molecule has 3 rings (SSSR count). The normalized spacial score (nSPS) is 10.2. The molecule has 1 aromatic heterocycles. The first-order chi connectivity index (χ1) is 13.6. The molecule has 2 amide bonds. The van der Waals surface area contributed by atoms with Gasteiger partial charge in [0.05, 0.1) is 19.3 Å². The van der Waals surface area contributed by atoms with Crippen molar-refractivity contribution >= 4 is 17.5 Å². The van der Waals surface area contributed by atoms with Crippen molar-refractivity contribution in [1.82, 2.24) is 31.1 Å². The van der Waals surface area contributed by atoms with Gasteiger partial charge >= 0.3 is 0 Å². The van der Waals surface area contributed by atoms with E-state index in [1.54, 1.807) is 49.6 Å². The summed E-state index contributed by atoms with van der Waals surface area (Å²) in [6.07, 6.45) is 1.47. The number of hydrogen-bond acceptors (Lipinski definition) is 7. The molecule has 1 heterocycles. The molecule has 3 aromatic rings. The molecule has 0 saturated carbocycles. The Kier molecular flexibility index (Phi) is 5.80. The predicted molar refractivity (Wildman–Crippen MR) is 101 cm³/mol. The fourth-order valence-corrected chi connectivity index (χ4v) is 2.46. The van der Waals surface area contributed by atoms with E-state index in [1.807, 2.05) is 6.92 Å². The number of carbonyl (C=O) groups is 2. The summed E-state index contributed by atoms with van der Waals surface area (Å²) in [6.45, 7) is 1.84. The molecule has 28 heavy (non-hydrogen) atoms. The average molecular weight is 381 g/mol. The van der Waals surface area contributed by atoms with Crippen LogP contribution in [0.25, 0.3) is 5.69 Å². The number of amides is 2. The van der Waals surface area contributed by atoms with Gasteiger partial charge in [0.1, 0.15) is 12.1 Å². The van der Waals surface area contributed by atoms with E-state index in [0.717, 1.165) is 22.7 Å². The number of aryl methyl sites for hydroxylation is 1. The Morgan fingerprint density at radius 3 is 2.54 bits per heavy atom. The lowest BCUT2D eigenvalue weighted by molar-refractivity contribution is -0.120. The van der Waals surface area contributed by atoms with Crippen LogP contribution in [0, 0.1) is 6.92 Å². The largest absolute Gasteiger partial charge is 0.497 e. The Labute approximate surface area is 160 Å². The number of nitrogens with one attached hydrogen (secondary N) is 3. The standard InChI is InChI=1S/C18H19N7O3/c1-12-9-13(3-8-16(12)25-11-20-23-24-25)18(27)22-21-17(26)10-19-14-4-6-15(28-2)7-5-14/h3-9,11,19H,10H2,1-2H3,(H,21,26)(H,22,27). The maximum atomic E-state index is 12.2. The second-order valence-corrected chi connectivity index (χ2v) is 5.84. The summed E-state index contributed by atoms with van der Waals surface area (Å²) in [4.78, 5) is 24.1. The second kappa shape index (κ2) is 8.62. The molecule has 0 bridgehead atoms. The van der Waals surface area contributed by atoms with Gasteiger partial charge in [-0.3, -0.25) is 20.4 Å². The first-order valence-electron chi connectivity index (χ1n) is 8.38. The molecule has 0 atom stereocenters. The van der Waals surface area contributed by atoms with E-state index in [0.29, 0.717) is 5.56 Å². The first kappa shape index (κ1) is 18.8. The summed E-state index contributed by atoms with van der Waals surface area (Å²) in [5.41, 5.74) is 7.49. The lowest BCUT2D eigenvalue weighted by Gasteiger charge is -2.11. The van der Waals surface area contributed by atoms with Crippen LogP contribution < -0.4 is 20.9 Å². The van der Waals surface area contributed by atoms with Gasteiger partial charge in [-0.25, -0.2) is 4.68 Å². The number of ether oxygens (including phenoxy) is 1. The molecule has 10 heteroatoms. The predicted octanol–water partition coefficient (Wildman–Crippen LogP) is 0.852. The highest BCUT2D eigenvalue weighted by Crippen LogP contribution is 2.15. The molecular weight excluding hydrogens is 362 g/mol. The Hall–Kier alpha value is -3.95. The van der Waals surface area contributed by atoms with E-state index < -0.39 is 5.91 Å². The maximum absolute atomic E-state index is 12.2. The SMILES string of the molecule is COc1ccc(NCC(=O)NNC(=O)c2ccc(-n3cnnn3)c(C)c2)cc1. The van der Waals surface area contributed by atoms with Gasteiger partial charge in [-0.1, -0.05) is 0 Å². The highest BCUT2D eigenvalue weighted by molar-refractivity contribution is 5.96. The molecule has 0 unspecified atom stereocenters. The van der Waals surface area contributed by atoms with Gasteiger partial charge in [-0.15, -0.1) is 5.10 Å². The molecule has 0 saturated heterocycles. The summed E-state index contributed by atoms with van der Waals surface area (Å²) < 4.78 is 6.58. The zero-order valence-electron chi connectivity index (χ0n) is 15.3. The van der Waals surface area contributed by atoms with Crippen LogP contribution >= 0.6 is 0 Å². The molecule has 0 spiro atoms. The van der Waals surface area contributed by atoms with E-state index in [9.17, 15) is 9.59 Å². The molecule has 0 radical (unpaired) electrons. The van der Waals surface area contributed by atoms with Crippen LogP contribution in [0.15, 0.2) is 48.8 Å². The van der Waals surface area contributed by atoms with Crippen molar-refractivity contribution < 1.29 is 14.3 Å². The van der Waals surface area contributed by atoms with Gasteiger partial charge in [0.25, 0.3) is 11.8 Å². The third-order valence-corrected chi connectivity index (χ3v) is 3.91. The summed E-state index contributed by atoms with van der Waals surface area (Å²) in [5.74, 6) is -0.0842. The van der Waals surface area contributed by atoms with Crippen molar-refractivity contribution in [2.45, 2.75) is 6.92 Å². The van der Waals surface area contributed by atoms with Crippen LogP contribution in [0.1, 0.15) is 15.9 Å². The minimum Gasteiger partial charge on any atom is -0.497 e. The number of rotatable bonds is 6. The van der Waals surface area contributed by atoms with Crippen LogP contribution in [0.2, 0.25) is 0 Å². The zero-order chi connectivity index (χ0) is 19.9. The number of methoxy groups -OCH3 is 1. The topological polar surface area (TPSA) is 123 Å². The monoisotopic (exact) mass is 381 g/mol. The quantitative estimate of drug-likeness (QED) is 0.541. The van der Waals surface area contributed by atoms with E-state index in [1.165, 1.54) is 11.0 Å². The molecule has 0 aliphatic heterocycles. The summed E-state index contributed by atoms with van der Waals surface area (Å²) in [7, 11) is 1.58. The molecule has 3 N–H and O–H groups in total. The molecule has 10 nitrogen and oxygen atoms in total. The van der Waals surface area contributed by atoms with Crippen molar-refractivity contribution in [1.29, 1.82) is 0 Å². The van der Waals surface area contributed by atoms with Gasteiger partial charge in [0.15, 0.2) is 0 Å². The molecule has 0 aliphatic rings. The number of carbonyl (C=O) groups excluding carboxylic acids is 2. The number of hydrazine groups is 1. The van der Waals surface area contributed by atoms with Crippen LogP contribution in [-0.4, -0.2) is 45.7 Å². The second-order valence-electron chi connectivity index (χ2n) is 5.84. The summed E-state index contributed by atoms with van der Waals surface area (Å²) in [5, 5.41) is 13.9. The number of hydrogen-bond donors (Lipinski definition) is 3. The fourth-order valence-electron chi connectivity index (χ4n) is 2.46. The smallest absolute Gasteiger partial charge is 0.269 e. The van der Waals surface area contributed by atoms with Crippen molar-refractivity contribution in [2.75, 3.05) is 19.0 Å². The van der Waals surface area contributed by atoms with Gasteiger partial charge in [-0.2, -0.15) is 0 Å². The highest BCUT2D eigenvalue weighted by Gasteiger charge is 2.10. The number of aromatic nitrogens is 4. The highest BCUT2D eigenvalue weighted by atomic mass is 16.5. The van der Waals surface area contributed by atoms with Crippen molar-refractivity contribution in [3.63, 3.8) is 0 Å². The Morgan fingerprint density at radius 1 is 1.11 bits per heavy atom. The van der Waals surface area contributed by atoms with Crippen LogP contribution in [-0.2, 0) is 4.79 Å². The number of tetrazole rings is 1. The number of nitrogens with zero attached hydrogens (tertiary/aromatic N) is 4. The van der Waals surface area contributed by atoms with Crippen molar-refractivity contribution in [2.24, 2.45) is 0 Å². The Morgan fingerprint density at radius 2 is 1.89 bits per heavy atom. The molecule has 0 aliphatic carbocycles. The van der Waals surface area contributed by atoms with Gasteiger partial charge in [0.2, 0.25) is 0 Å². The molecule has 0 fully saturated rings. The zero-order valence-corrected chi connectivity index (χ0v) is 15.3. The Balaban J connectivity index is 1.50. The van der Waals surface area contributed by atoms with Crippen LogP contribution in [0.5, 0.6) is 5.75 Å². The van der Waals surface area contributed by atoms with E-state index >= 15 is 0 Å². The summed E-state index contributed by atoms with van der Waals surface area (Å²) >= 11 is 0. The van der Waals surface area contributed by atoms with E-state index in [2.05, 4.69) is 31.7 Å². The van der Waals surface area contributed by atoms with Crippen LogP contribution in [0.3, 0.4) is 0 Å². The number of anilines is 1. The van der Waals surface area contributed by atoms with Gasteiger partial charge in [0, 0.05) is 11.3 Å². The fraction of sp³-hybridized carbons (Fsp3) is 0.167. The molecule has 2 aromatic carbocycles.